The molecule has 5 aromatic rings. The van der Waals surface area contributed by atoms with E-state index in [0.29, 0.717) is 29.0 Å². The molecule has 2 N–H and O–H groups in total. The number of benzene rings is 4. The Morgan fingerprint density at radius 2 is 1.66 bits per heavy atom. The number of pyridine rings is 1. The maximum atomic E-state index is 18.1. The lowest BCUT2D eigenvalue weighted by Gasteiger charge is -2.45. The fourth-order valence-corrected chi connectivity index (χ4v) is 8.02. The maximum absolute atomic E-state index is 18.1. The number of nitriles is 1. The van der Waals surface area contributed by atoms with Crippen LogP contribution in [0, 0.1) is 17.1 Å². The molecule has 3 saturated heterocycles. The van der Waals surface area contributed by atoms with Crippen LogP contribution in [0.15, 0.2) is 72.8 Å². The number of hydrogen-bond acceptors (Lipinski definition) is 7. The number of anilines is 2. The summed E-state index contributed by atoms with van der Waals surface area (Å²) in [7, 11) is 4.21. The summed E-state index contributed by atoms with van der Waals surface area (Å²) in [5.74, 6) is 1.39. The summed E-state index contributed by atoms with van der Waals surface area (Å²) in [6, 6.07) is 26.6. The van der Waals surface area contributed by atoms with E-state index in [2.05, 4.69) is 46.2 Å². The van der Waals surface area contributed by atoms with E-state index in [1.54, 1.807) is 12.1 Å². The number of hydrogen-bond donors (Lipinski definition) is 2. The second-order valence-corrected chi connectivity index (χ2v) is 13.5. The third-order valence-corrected chi connectivity index (χ3v) is 10.5. The van der Waals surface area contributed by atoms with Gasteiger partial charge in [-0.05, 0) is 79.0 Å². The number of rotatable bonds is 7. The van der Waals surface area contributed by atoms with Gasteiger partial charge < -0.3 is 25.1 Å². The molecule has 1 aromatic heterocycles. The van der Waals surface area contributed by atoms with Crippen LogP contribution in [0.25, 0.3) is 43.8 Å². The molecular formula is C39H39FN6O. The first-order valence-electron chi connectivity index (χ1n) is 16.7. The van der Waals surface area contributed by atoms with E-state index in [4.69, 9.17) is 4.98 Å². The van der Waals surface area contributed by atoms with Crippen molar-refractivity contribution in [2.24, 2.45) is 0 Å². The van der Waals surface area contributed by atoms with Crippen molar-refractivity contribution in [3.8, 4) is 34.1 Å². The molecule has 2 atom stereocenters. The number of aromatic hydroxyl groups is 1. The molecule has 238 valence electrons. The molecule has 3 fully saturated rings. The van der Waals surface area contributed by atoms with Crippen molar-refractivity contribution in [3.63, 3.8) is 0 Å². The number of phenolic OH excluding ortho intramolecular Hbond substituents is 1. The first-order chi connectivity index (χ1) is 22.9. The summed E-state index contributed by atoms with van der Waals surface area (Å²) >= 11 is 0. The molecule has 0 spiro atoms. The lowest BCUT2D eigenvalue weighted by atomic mass is 9.87. The van der Waals surface area contributed by atoms with E-state index in [0.717, 1.165) is 83.5 Å². The van der Waals surface area contributed by atoms with E-state index >= 15 is 4.39 Å². The number of fused-ring (bicyclic) bond motifs is 4. The summed E-state index contributed by atoms with van der Waals surface area (Å²) in [6.07, 6.45) is 2.77. The largest absolute Gasteiger partial charge is 0.508 e. The molecule has 3 aliphatic rings. The van der Waals surface area contributed by atoms with E-state index in [1.165, 1.54) is 0 Å². The summed E-state index contributed by atoms with van der Waals surface area (Å²) in [6.45, 7) is 3.37. The average Bonchev–Trinajstić information content (AvgIpc) is 3.29. The van der Waals surface area contributed by atoms with Gasteiger partial charge in [0.15, 0.2) is 0 Å². The van der Waals surface area contributed by atoms with Crippen LogP contribution >= 0.6 is 0 Å². The molecule has 0 amide bonds. The van der Waals surface area contributed by atoms with Gasteiger partial charge in [-0.1, -0.05) is 54.6 Å². The van der Waals surface area contributed by atoms with Crippen LogP contribution in [-0.2, 0) is 6.42 Å². The van der Waals surface area contributed by atoms with Gasteiger partial charge in [-0.15, -0.1) is 0 Å². The van der Waals surface area contributed by atoms with Gasteiger partial charge in [0.1, 0.15) is 23.2 Å². The highest BCUT2D eigenvalue weighted by Crippen LogP contribution is 2.49. The lowest BCUT2D eigenvalue weighted by molar-refractivity contribution is 0.246. The van der Waals surface area contributed by atoms with Crippen LogP contribution in [0.2, 0.25) is 0 Å². The topological polar surface area (TPSA) is 78.7 Å². The standard InChI is InChI=1S/C39H39FN6O/c1-44(2)29-22-45(23-29)39-35(24-9-4-3-5-10-24)36-33(38(43-39)46-27-14-15-28(46)21-42-20-27)18-26(12-8-16-41)34(37(36)40)32-19-30(47)17-25-11-6-7-13-31(25)32/h3-7,9-11,13,17-19,27-29,42,47H,8,12,14-15,20-23H2,1-2H3. The van der Waals surface area contributed by atoms with Gasteiger partial charge in [0.05, 0.1) is 6.07 Å². The molecule has 0 radical (unpaired) electrons. The fraction of sp³-hybridized carbons (Fsp3) is 0.333. The van der Waals surface area contributed by atoms with Gasteiger partial charge in [0, 0.05) is 72.6 Å². The Bertz CT molecular complexity index is 2020. The normalized spacial score (nSPS) is 19.5. The quantitative estimate of drug-likeness (QED) is 0.208. The van der Waals surface area contributed by atoms with Crippen LogP contribution in [0.5, 0.6) is 5.75 Å². The van der Waals surface area contributed by atoms with Crippen molar-refractivity contribution >= 4 is 33.2 Å². The number of nitrogens with one attached hydrogen (secondary N) is 1. The van der Waals surface area contributed by atoms with Crippen molar-refractivity contribution in [1.29, 1.82) is 5.26 Å². The molecule has 0 aliphatic carbocycles. The number of nitrogens with zero attached hydrogens (tertiary/aromatic N) is 5. The highest BCUT2D eigenvalue weighted by molar-refractivity contribution is 6.11. The predicted octanol–water partition coefficient (Wildman–Crippen LogP) is 6.71. The second-order valence-electron chi connectivity index (χ2n) is 13.5. The van der Waals surface area contributed by atoms with E-state index in [-0.39, 0.29) is 30.1 Å². The molecule has 8 rings (SSSR count). The highest BCUT2D eigenvalue weighted by Gasteiger charge is 2.40. The molecule has 3 aliphatic heterocycles. The molecular weight excluding hydrogens is 587 g/mol. The summed E-state index contributed by atoms with van der Waals surface area (Å²) in [5.41, 5.74) is 3.53. The zero-order valence-electron chi connectivity index (χ0n) is 26.9. The van der Waals surface area contributed by atoms with Crippen LogP contribution in [0.1, 0.15) is 24.8 Å². The van der Waals surface area contributed by atoms with E-state index in [9.17, 15) is 10.4 Å². The monoisotopic (exact) mass is 626 g/mol. The van der Waals surface area contributed by atoms with Crippen molar-refractivity contribution in [1.82, 2.24) is 15.2 Å². The van der Waals surface area contributed by atoms with Crippen molar-refractivity contribution < 1.29 is 9.50 Å². The molecule has 4 heterocycles. The zero-order chi connectivity index (χ0) is 32.2. The Hall–Kier alpha value is -4.71. The predicted molar refractivity (Wildman–Crippen MR) is 188 cm³/mol. The highest BCUT2D eigenvalue weighted by atomic mass is 19.1. The molecule has 47 heavy (non-hydrogen) atoms. The first-order valence-corrected chi connectivity index (χ1v) is 16.7. The number of likely N-dealkylation sites (N-methyl/N-ethyl adjacent to an activating group) is 1. The molecule has 4 aromatic carbocycles. The molecule has 7 nitrogen and oxygen atoms in total. The number of piperazine rings is 1. The first kappa shape index (κ1) is 29.7. The second kappa shape index (κ2) is 11.8. The third-order valence-electron chi connectivity index (χ3n) is 10.5. The molecule has 0 saturated carbocycles. The maximum Gasteiger partial charge on any atom is 0.140 e. The molecule has 8 heteroatoms. The summed E-state index contributed by atoms with van der Waals surface area (Å²) in [4.78, 5) is 12.5. The number of aromatic nitrogens is 1. The van der Waals surface area contributed by atoms with Crippen molar-refractivity contribution in [2.45, 2.75) is 43.8 Å². The Morgan fingerprint density at radius 3 is 2.38 bits per heavy atom. The number of aryl methyl sites for hydroxylation is 1. The average molecular weight is 627 g/mol. The van der Waals surface area contributed by atoms with Gasteiger partial charge in [-0.3, -0.25) is 0 Å². The van der Waals surface area contributed by atoms with Gasteiger partial charge >= 0.3 is 0 Å². The SMILES string of the molecule is CN(C)C1CN(c2nc(N3C4CCC3CNC4)c3cc(CCC#N)c(-c4cc(O)cc5ccccc45)c(F)c3c2-c2ccccc2)C1. The minimum Gasteiger partial charge on any atom is -0.508 e. The van der Waals surface area contributed by atoms with Crippen LogP contribution in [0.4, 0.5) is 16.0 Å². The Kier molecular flexibility index (Phi) is 7.47. The smallest absolute Gasteiger partial charge is 0.140 e. The molecule has 2 unspecified atom stereocenters. The lowest BCUT2D eigenvalue weighted by Crippen LogP contribution is -2.58. The van der Waals surface area contributed by atoms with E-state index in [1.807, 2.05) is 54.6 Å². The van der Waals surface area contributed by atoms with Gasteiger partial charge in [0.2, 0.25) is 0 Å². The van der Waals surface area contributed by atoms with Crippen LogP contribution in [0.3, 0.4) is 0 Å². The summed E-state index contributed by atoms with van der Waals surface area (Å²) < 4.78 is 18.1. The van der Waals surface area contributed by atoms with Crippen molar-refractivity contribution in [3.05, 3.63) is 84.2 Å². The van der Waals surface area contributed by atoms with E-state index < -0.39 is 0 Å². The van der Waals surface area contributed by atoms with Gasteiger partial charge in [0.25, 0.3) is 0 Å². The van der Waals surface area contributed by atoms with Crippen LogP contribution in [-0.4, -0.2) is 73.4 Å². The number of phenols is 1. The van der Waals surface area contributed by atoms with Gasteiger partial charge in [-0.2, -0.15) is 5.26 Å². The zero-order valence-corrected chi connectivity index (χ0v) is 26.9. The minimum atomic E-state index is -0.331. The Labute approximate surface area is 274 Å². The third kappa shape index (κ3) is 4.97. The number of halogens is 1. The van der Waals surface area contributed by atoms with Gasteiger partial charge in [-0.25, -0.2) is 9.37 Å². The Balaban J connectivity index is 1.49. The Morgan fingerprint density at radius 1 is 0.936 bits per heavy atom. The van der Waals surface area contributed by atoms with Crippen molar-refractivity contribution in [2.75, 3.05) is 50.1 Å². The molecule has 2 bridgehead atoms. The summed E-state index contributed by atoms with van der Waals surface area (Å²) in [5, 5.41) is 27.2. The minimum absolute atomic E-state index is 0.0801. The van der Waals surface area contributed by atoms with Crippen LogP contribution < -0.4 is 15.1 Å². The fourth-order valence-electron chi connectivity index (χ4n) is 8.02.